The lowest BCUT2D eigenvalue weighted by atomic mass is 9.95. The summed E-state index contributed by atoms with van der Waals surface area (Å²) in [5.41, 5.74) is 5.32. The van der Waals surface area contributed by atoms with Crippen molar-refractivity contribution in [2.45, 2.75) is 32.2 Å². The fourth-order valence-electron chi connectivity index (χ4n) is 1.86. The van der Waals surface area contributed by atoms with E-state index < -0.39 is 5.54 Å². The number of rotatable bonds is 3. The van der Waals surface area contributed by atoms with Crippen LogP contribution >= 0.6 is 0 Å². The lowest BCUT2D eigenvalue weighted by molar-refractivity contribution is -0.137. The number of carbonyl (C=O) groups is 1. The maximum atomic E-state index is 12.0. The Bertz CT molecular complexity index is 198. The van der Waals surface area contributed by atoms with Crippen LogP contribution in [-0.2, 0) is 4.79 Å². The van der Waals surface area contributed by atoms with Gasteiger partial charge in [-0.05, 0) is 13.3 Å². The zero-order chi connectivity index (χ0) is 10.6. The molecule has 0 aromatic rings. The molecular formula is C10H21N3O. The van der Waals surface area contributed by atoms with Crippen molar-refractivity contribution in [3.05, 3.63) is 0 Å². The Morgan fingerprint density at radius 1 is 1.50 bits per heavy atom. The van der Waals surface area contributed by atoms with Gasteiger partial charge < -0.3 is 16.0 Å². The Kier molecular flexibility index (Phi) is 3.89. The summed E-state index contributed by atoms with van der Waals surface area (Å²) in [6, 6.07) is 0. The third-order valence-electron chi connectivity index (χ3n) is 2.66. The average molecular weight is 199 g/mol. The van der Waals surface area contributed by atoms with E-state index in [4.69, 9.17) is 5.73 Å². The molecule has 1 rings (SSSR count). The molecule has 0 aromatic carbocycles. The molecule has 1 unspecified atom stereocenters. The molecule has 1 amide bonds. The molecule has 1 heterocycles. The van der Waals surface area contributed by atoms with E-state index in [1.165, 1.54) is 0 Å². The van der Waals surface area contributed by atoms with Gasteiger partial charge in [0.15, 0.2) is 0 Å². The molecule has 1 atom stereocenters. The molecule has 4 heteroatoms. The van der Waals surface area contributed by atoms with Crippen LogP contribution in [0, 0.1) is 0 Å². The number of nitrogens with one attached hydrogen (secondary N) is 1. The maximum Gasteiger partial charge on any atom is 0.242 e. The van der Waals surface area contributed by atoms with Crippen LogP contribution in [0.2, 0.25) is 0 Å². The normalized spacial score (nSPS) is 21.8. The predicted octanol–water partition coefficient (Wildman–Crippen LogP) is -0.0643. The van der Waals surface area contributed by atoms with Crippen molar-refractivity contribution in [2.75, 3.05) is 26.2 Å². The lowest BCUT2D eigenvalue weighted by Crippen LogP contribution is -2.57. The third kappa shape index (κ3) is 2.69. The first-order valence-electron chi connectivity index (χ1n) is 5.37. The summed E-state index contributed by atoms with van der Waals surface area (Å²) in [5.74, 6) is 0.0980. The largest absolute Gasteiger partial charge is 0.339 e. The lowest BCUT2D eigenvalue weighted by Gasteiger charge is -2.34. The molecule has 0 radical (unpaired) electrons. The second-order valence-electron chi connectivity index (χ2n) is 4.21. The van der Waals surface area contributed by atoms with Crippen LogP contribution in [0.3, 0.4) is 0 Å². The standard InChI is InChI=1S/C10H21N3O/c1-3-4-10(2,11)9(14)13-7-5-12-6-8-13/h12H,3-8,11H2,1-2H3. The number of piperazine rings is 1. The Morgan fingerprint density at radius 2 is 2.07 bits per heavy atom. The Hall–Kier alpha value is -0.610. The first-order valence-corrected chi connectivity index (χ1v) is 5.37. The Labute approximate surface area is 85.8 Å². The molecule has 3 N–H and O–H groups in total. The molecule has 14 heavy (non-hydrogen) atoms. The molecule has 0 bridgehead atoms. The summed E-state index contributed by atoms with van der Waals surface area (Å²) in [5, 5.41) is 3.22. The number of amides is 1. The van der Waals surface area contributed by atoms with Gasteiger partial charge in [-0.3, -0.25) is 4.79 Å². The topological polar surface area (TPSA) is 58.4 Å². The van der Waals surface area contributed by atoms with E-state index in [0.717, 1.165) is 39.0 Å². The van der Waals surface area contributed by atoms with Crippen molar-refractivity contribution in [3.63, 3.8) is 0 Å². The zero-order valence-electron chi connectivity index (χ0n) is 9.18. The SMILES string of the molecule is CCCC(C)(N)C(=O)N1CCNCC1. The van der Waals surface area contributed by atoms with Gasteiger partial charge in [0.2, 0.25) is 5.91 Å². The van der Waals surface area contributed by atoms with Crippen molar-refractivity contribution in [1.29, 1.82) is 0 Å². The van der Waals surface area contributed by atoms with E-state index in [9.17, 15) is 4.79 Å². The van der Waals surface area contributed by atoms with Crippen LogP contribution in [0.4, 0.5) is 0 Å². The summed E-state index contributed by atoms with van der Waals surface area (Å²) < 4.78 is 0. The minimum absolute atomic E-state index is 0.0980. The van der Waals surface area contributed by atoms with Crippen LogP contribution in [0.1, 0.15) is 26.7 Å². The molecule has 82 valence electrons. The van der Waals surface area contributed by atoms with Gasteiger partial charge in [0.25, 0.3) is 0 Å². The van der Waals surface area contributed by atoms with Gasteiger partial charge in [0.05, 0.1) is 5.54 Å². The minimum atomic E-state index is -0.675. The first-order chi connectivity index (χ1) is 6.58. The van der Waals surface area contributed by atoms with E-state index in [2.05, 4.69) is 12.2 Å². The number of hydrogen-bond acceptors (Lipinski definition) is 3. The minimum Gasteiger partial charge on any atom is -0.339 e. The molecule has 4 nitrogen and oxygen atoms in total. The Balaban J connectivity index is 2.53. The van der Waals surface area contributed by atoms with Crippen LogP contribution in [0.5, 0.6) is 0 Å². The molecule has 0 aliphatic carbocycles. The fraction of sp³-hybridized carbons (Fsp3) is 0.900. The smallest absolute Gasteiger partial charge is 0.242 e. The fourth-order valence-corrected chi connectivity index (χ4v) is 1.86. The predicted molar refractivity (Wildman–Crippen MR) is 57.0 cm³/mol. The highest BCUT2D eigenvalue weighted by Crippen LogP contribution is 2.13. The average Bonchev–Trinajstić information content (AvgIpc) is 2.18. The molecule has 1 aliphatic heterocycles. The van der Waals surface area contributed by atoms with Crippen molar-refractivity contribution >= 4 is 5.91 Å². The van der Waals surface area contributed by atoms with Gasteiger partial charge in [0, 0.05) is 26.2 Å². The zero-order valence-corrected chi connectivity index (χ0v) is 9.18. The van der Waals surface area contributed by atoms with Crippen molar-refractivity contribution in [3.8, 4) is 0 Å². The van der Waals surface area contributed by atoms with Crippen molar-refractivity contribution in [2.24, 2.45) is 5.73 Å². The highest BCUT2D eigenvalue weighted by molar-refractivity contribution is 5.85. The summed E-state index contributed by atoms with van der Waals surface area (Å²) >= 11 is 0. The van der Waals surface area contributed by atoms with Gasteiger partial charge in [-0.15, -0.1) is 0 Å². The molecular weight excluding hydrogens is 178 g/mol. The third-order valence-corrected chi connectivity index (χ3v) is 2.66. The molecule has 0 aromatic heterocycles. The van der Waals surface area contributed by atoms with Gasteiger partial charge in [-0.25, -0.2) is 0 Å². The summed E-state index contributed by atoms with van der Waals surface area (Å²) in [6.07, 6.45) is 1.71. The van der Waals surface area contributed by atoms with Crippen LogP contribution in [0.15, 0.2) is 0 Å². The second-order valence-corrected chi connectivity index (χ2v) is 4.21. The highest BCUT2D eigenvalue weighted by atomic mass is 16.2. The van der Waals surface area contributed by atoms with Gasteiger partial charge in [-0.2, -0.15) is 0 Å². The number of nitrogens with zero attached hydrogens (tertiary/aromatic N) is 1. The molecule has 1 aliphatic rings. The van der Waals surface area contributed by atoms with Gasteiger partial charge >= 0.3 is 0 Å². The maximum absolute atomic E-state index is 12.0. The van der Waals surface area contributed by atoms with Crippen LogP contribution in [0.25, 0.3) is 0 Å². The number of carbonyl (C=O) groups excluding carboxylic acids is 1. The van der Waals surface area contributed by atoms with Gasteiger partial charge in [0.1, 0.15) is 0 Å². The van der Waals surface area contributed by atoms with E-state index in [-0.39, 0.29) is 5.91 Å². The first kappa shape index (κ1) is 11.5. The van der Waals surface area contributed by atoms with E-state index in [0.29, 0.717) is 0 Å². The summed E-state index contributed by atoms with van der Waals surface area (Å²) in [6.45, 7) is 7.23. The van der Waals surface area contributed by atoms with E-state index in [1.807, 2.05) is 11.8 Å². The van der Waals surface area contributed by atoms with E-state index >= 15 is 0 Å². The molecule has 1 saturated heterocycles. The van der Waals surface area contributed by atoms with Crippen LogP contribution in [-0.4, -0.2) is 42.5 Å². The number of nitrogens with two attached hydrogens (primary N) is 1. The Morgan fingerprint density at radius 3 is 2.57 bits per heavy atom. The molecule has 0 saturated carbocycles. The quantitative estimate of drug-likeness (QED) is 0.669. The molecule has 1 fully saturated rings. The summed E-state index contributed by atoms with van der Waals surface area (Å²) in [7, 11) is 0. The second kappa shape index (κ2) is 4.75. The molecule has 0 spiro atoms. The monoisotopic (exact) mass is 199 g/mol. The highest BCUT2D eigenvalue weighted by Gasteiger charge is 2.32. The summed E-state index contributed by atoms with van der Waals surface area (Å²) in [4.78, 5) is 13.9. The van der Waals surface area contributed by atoms with Crippen molar-refractivity contribution < 1.29 is 4.79 Å². The van der Waals surface area contributed by atoms with Gasteiger partial charge in [-0.1, -0.05) is 13.3 Å². The van der Waals surface area contributed by atoms with Crippen molar-refractivity contribution in [1.82, 2.24) is 10.2 Å². The number of hydrogen-bond donors (Lipinski definition) is 2. The van der Waals surface area contributed by atoms with Crippen LogP contribution < -0.4 is 11.1 Å². The van der Waals surface area contributed by atoms with E-state index in [1.54, 1.807) is 0 Å².